The van der Waals surface area contributed by atoms with Gasteiger partial charge in [-0.05, 0) is 26.8 Å². The smallest absolute Gasteiger partial charge is 0.104 e. The largest absolute Gasteiger partial charge is 0.398 e. The number of aliphatic hydroxyl groups excluding tert-OH is 1. The first-order valence-electron chi connectivity index (χ1n) is 5.06. The van der Waals surface area contributed by atoms with Crippen molar-refractivity contribution >= 4 is 5.69 Å². The van der Waals surface area contributed by atoms with Crippen LogP contribution in [0.1, 0.15) is 32.4 Å². The van der Waals surface area contributed by atoms with Gasteiger partial charge in [-0.25, -0.2) is 0 Å². The van der Waals surface area contributed by atoms with Crippen LogP contribution in [0.25, 0.3) is 0 Å². The lowest BCUT2D eigenvalue weighted by molar-refractivity contribution is -0.0494. The summed E-state index contributed by atoms with van der Waals surface area (Å²) in [5, 5.41) is 9.86. The number of ether oxygens (including phenoxy) is 1. The SMILES string of the molecule is CC(C)(C)OCC(O)c1ccccc1N. The lowest BCUT2D eigenvalue weighted by atomic mass is 10.1. The van der Waals surface area contributed by atoms with Gasteiger partial charge in [0, 0.05) is 11.3 Å². The number of aliphatic hydroxyl groups is 1. The van der Waals surface area contributed by atoms with Crippen LogP contribution in [0.15, 0.2) is 24.3 Å². The number of nitrogens with two attached hydrogens (primary N) is 1. The second kappa shape index (κ2) is 4.64. The zero-order valence-corrected chi connectivity index (χ0v) is 9.53. The van der Waals surface area contributed by atoms with Crippen molar-refractivity contribution in [2.75, 3.05) is 12.3 Å². The van der Waals surface area contributed by atoms with E-state index in [1.54, 1.807) is 6.07 Å². The second-order valence-electron chi connectivity index (χ2n) is 4.57. The summed E-state index contributed by atoms with van der Waals surface area (Å²) in [5.74, 6) is 0. The van der Waals surface area contributed by atoms with E-state index >= 15 is 0 Å². The summed E-state index contributed by atoms with van der Waals surface area (Å²) in [6.07, 6.45) is -0.662. The van der Waals surface area contributed by atoms with E-state index in [1.165, 1.54) is 0 Å². The third-order valence-corrected chi connectivity index (χ3v) is 2.03. The average Bonchev–Trinajstić information content (AvgIpc) is 2.14. The Hall–Kier alpha value is -1.06. The first-order valence-corrected chi connectivity index (χ1v) is 5.06. The highest BCUT2D eigenvalue weighted by molar-refractivity contribution is 5.47. The Morgan fingerprint density at radius 2 is 1.93 bits per heavy atom. The fourth-order valence-electron chi connectivity index (χ4n) is 1.23. The molecule has 0 amide bonds. The molecular formula is C12H19NO2. The molecule has 0 saturated heterocycles. The average molecular weight is 209 g/mol. The fourth-order valence-corrected chi connectivity index (χ4v) is 1.23. The third kappa shape index (κ3) is 3.90. The molecule has 0 bridgehead atoms. The molecular weight excluding hydrogens is 190 g/mol. The number of rotatable bonds is 3. The second-order valence-corrected chi connectivity index (χ2v) is 4.57. The van der Waals surface area contributed by atoms with Crippen molar-refractivity contribution in [3.63, 3.8) is 0 Å². The molecule has 1 aromatic rings. The Balaban J connectivity index is 2.62. The Kier molecular flexibility index (Phi) is 3.72. The van der Waals surface area contributed by atoms with Gasteiger partial charge in [0.2, 0.25) is 0 Å². The molecule has 1 atom stereocenters. The number of hydrogen-bond acceptors (Lipinski definition) is 3. The van der Waals surface area contributed by atoms with Gasteiger partial charge in [-0.15, -0.1) is 0 Å². The van der Waals surface area contributed by atoms with E-state index in [1.807, 2.05) is 39.0 Å². The minimum absolute atomic E-state index is 0.246. The van der Waals surface area contributed by atoms with Crippen molar-refractivity contribution in [1.29, 1.82) is 0 Å². The Morgan fingerprint density at radius 1 is 1.33 bits per heavy atom. The Bertz CT molecular complexity index is 318. The van der Waals surface area contributed by atoms with E-state index in [-0.39, 0.29) is 12.2 Å². The van der Waals surface area contributed by atoms with E-state index in [0.717, 1.165) is 5.56 Å². The molecule has 0 aromatic heterocycles. The molecule has 1 unspecified atom stereocenters. The fraction of sp³-hybridized carbons (Fsp3) is 0.500. The molecule has 84 valence electrons. The number of hydrogen-bond donors (Lipinski definition) is 2. The summed E-state index contributed by atoms with van der Waals surface area (Å²) in [6.45, 7) is 6.12. The van der Waals surface area contributed by atoms with Gasteiger partial charge in [-0.1, -0.05) is 18.2 Å². The lowest BCUT2D eigenvalue weighted by Gasteiger charge is -2.22. The van der Waals surface area contributed by atoms with Gasteiger partial charge in [-0.3, -0.25) is 0 Å². The van der Waals surface area contributed by atoms with Crippen LogP contribution in [-0.2, 0) is 4.74 Å². The van der Waals surface area contributed by atoms with Crippen LogP contribution in [0.4, 0.5) is 5.69 Å². The molecule has 0 spiro atoms. The maximum Gasteiger partial charge on any atom is 0.104 e. The summed E-state index contributed by atoms with van der Waals surface area (Å²) in [5.41, 5.74) is 6.82. The van der Waals surface area contributed by atoms with Crippen molar-refractivity contribution in [3.8, 4) is 0 Å². The van der Waals surface area contributed by atoms with Crippen molar-refractivity contribution in [2.45, 2.75) is 32.5 Å². The molecule has 3 N–H and O–H groups in total. The van der Waals surface area contributed by atoms with Crippen molar-refractivity contribution in [3.05, 3.63) is 29.8 Å². The standard InChI is InChI=1S/C12H19NO2/c1-12(2,3)15-8-11(14)9-6-4-5-7-10(9)13/h4-7,11,14H,8,13H2,1-3H3. The Labute approximate surface area is 90.9 Å². The summed E-state index contributed by atoms with van der Waals surface area (Å²) in [7, 11) is 0. The van der Waals surface area contributed by atoms with Gasteiger partial charge in [0.25, 0.3) is 0 Å². The minimum atomic E-state index is -0.662. The van der Waals surface area contributed by atoms with E-state index in [9.17, 15) is 5.11 Å². The molecule has 0 aliphatic carbocycles. The van der Waals surface area contributed by atoms with Gasteiger partial charge < -0.3 is 15.6 Å². The molecule has 15 heavy (non-hydrogen) atoms. The van der Waals surface area contributed by atoms with Crippen LogP contribution in [0.3, 0.4) is 0 Å². The zero-order valence-electron chi connectivity index (χ0n) is 9.53. The van der Waals surface area contributed by atoms with E-state index in [4.69, 9.17) is 10.5 Å². The molecule has 0 aliphatic rings. The van der Waals surface area contributed by atoms with Gasteiger partial charge in [0.05, 0.1) is 12.2 Å². The van der Waals surface area contributed by atoms with Gasteiger partial charge >= 0.3 is 0 Å². The van der Waals surface area contributed by atoms with E-state index in [2.05, 4.69) is 0 Å². The quantitative estimate of drug-likeness (QED) is 0.750. The molecule has 0 radical (unpaired) electrons. The minimum Gasteiger partial charge on any atom is -0.398 e. The highest BCUT2D eigenvalue weighted by Gasteiger charge is 2.16. The summed E-state index contributed by atoms with van der Waals surface area (Å²) in [6, 6.07) is 7.28. The summed E-state index contributed by atoms with van der Waals surface area (Å²) < 4.78 is 5.49. The van der Waals surface area contributed by atoms with Crippen molar-refractivity contribution in [2.24, 2.45) is 0 Å². The topological polar surface area (TPSA) is 55.5 Å². The normalized spacial score (nSPS) is 13.9. The van der Waals surface area contributed by atoms with Crippen molar-refractivity contribution < 1.29 is 9.84 Å². The first kappa shape index (κ1) is 12.0. The van der Waals surface area contributed by atoms with Crippen LogP contribution < -0.4 is 5.73 Å². The number of anilines is 1. The summed E-state index contributed by atoms with van der Waals surface area (Å²) in [4.78, 5) is 0. The Morgan fingerprint density at radius 3 is 2.47 bits per heavy atom. The highest BCUT2D eigenvalue weighted by Crippen LogP contribution is 2.21. The summed E-state index contributed by atoms with van der Waals surface area (Å²) >= 11 is 0. The predicted molar refractivity (Wildman–Crippen MR) is 61.5 cm³/mol. The lowest BCUT2D eigenvalue weighted by Crippen LogP contribution is -2.23. The van der Waals surface area contributed by atoms with Crippen molar-refractivity contribution in [1.82, 2.24) is 0 Å². The van der Waals surface area contributed by atoms with Crippen LogP contribution in [-0.4, -0.2) is 17.3 Å². The predicted octanol–water partition coefficient (Wildman–Crippen LogP) is 2.12. The molecule has 0 aliphatic heterocycles. The van der Waals surface area contributed by atoms with Crippen LogP contribution >= 0.6 is 0 Å². The van der Waals surface area contributed by atoms with Crippen LogP contribution in [0, 0.1) is 0 Å². The molecule has 3 heteroatoms. The first-order chi connectivity index (χ1) is 6.90. The monoisotopic (exact) mass is 209 g/mol. The van der Waals surface area contributed by atoms with Crippen LogP contribution in [0.5, 0.6) is 0 Å². The molecule has 0 saturated carbocycles. The van der Waals surface area contributed by atoms with Crippen LogP contribution in [0.2, 0.25) is 0 Å². The number of para-hydroxylation sites is 1. The van der Waals surface area contributed by atoms with Gasteiger partial charge in [0.1, 0.15) is 6.10 Å². The van der Waals surface area contributed by atoms with Gasteiger partial charge in [0.15, 0.2) is 0 Å². The zero-order chi connectivity index (χ0) is 11.5. The third-order valence-electron chi connectivity index (χ3n) is 2.03. The number of benzene rings is 1. The van der Waals surface area contributed by atoms with Gasteiger partial charge in [-0.2, -0.15) is 0 Å². The van der Waals surface area contributed by atoms with E-state index in [0.29, 0.717) is 5.69 Å². The highest BCUT2D eigenvalue weighted by atomic mass is 16.5. The molecule has 0 fully saturated rings. The molecule has 1 aromatic carbocycles. The maximum atomic E-state index is 9.86. The molecule has 3 nitrogen and oxygen atoms in total. The molecule has 1 rings (SSSR count). The molecule has 0 heterocycles. The number of nitrogen functional groups attached to an aromatic ring is 1. The van der Waals surface area contributed by atoms with E-state index < -0.39 is 6.10 Å². The maximum absolute atomic E-state index is 9.86.